The number of anilines is 3. The van der Waals surface area contributed by atoms with Crippen LogP contribution in [0.1, 0.15) is 6.92 Å². The number of carbonyl (C=O) groups excluding carboxylic acids is 1. The molecule has 3 rings (SSSR count). The van der Waals surface area contributed by atoms with Gasteiger partial charge < -0.3 is 15.1 Å². The van der Waals surface area contributed by atoms with Gasteiger partial charge in [-0.25, -0.2) is 9.97 Å². The zero-order valence-corrected chi connectivity index (χ0v) is 13.6. The number of aromatic nitrogens is 2. The molecule has 1 aromatic heterocycles. The van der Waals surface area contributed by atoms with Gasteiger partial charge in [-0.05, 0) is 12.1 Å². The third-order valence-electron chi connectivity index (χ3n) is 3.84. The number of benzene rings is 1. The van der Waals surface area contributed by atoms with Crippen molar-refractivity contribution in [3.8, 4) is 0 Å². The maximum atomic E-state index is 11.4. The number of hydrogen-bond donors (Lipinski definition) is 1. The molecule has 120 valence electrons. The standard InChI is InChI=1S/C16H18ClN5O/c1-12(23)21-6-8-22(9-7-21)16-10-15(18-11-19-16)20-14-5-3-2-4-13(14)17/h2-5,10-11H,6-9H2,1H3,(H,18,19,20). The molecule has 1 amide bonds. The largest absolute Gasteiger partial charge is 0.353 e. The maximum Gasteiger partial charge on any atom is 0.219 e. The second kappa shape index (κ2) is 6.83. The van der Waals surface area contributed by atoms with Crippen molar-refractivity contribution in [1.82, 2.24) is 14.9 Å². The van der Waals surface area contributed by atoms with Crippen molar-refractivity contribution < 1.29 is 4.79 Å². The van der Waals surface area contributed by atoms with Crippen LogP contribution in [0.4, 0.5) is 17.3 Å². The summed E-state index contributed by atoms with van der Waals surface area (Å²) in [4.78, 5) is 24.0. The van der Waals surface area contributed by atoms with Crippen molar-refractivity contribution >= 4 is 34.8 Å². The second-order valence-electron chi connectivity index (χ2n) is 5.36. The minimum atomic E-state index is 0.119. The van der Waals surface area contributed by atoms with Gasteiger partial charge in [0.25, 0.3) is 0 Å². The number of para-hydroxylation sites is 1. The Morgan fingerprint density at radius 2 is 1.91 bits per heavy atom. The normalized spacial score (nSPS) is 14.7. The second-order valence-corrected chi connectivity index (χ2v) is 5.77. The number of nitrogens with zero attached hydrogens (tertiary/aromatic N) is 4. The van der Waals surface area contributed by atoms with Gasteiger partial charge in [-0.2, -0.15) is 0 Å². The number of carbonyl (C=O) groups is 1. The van der Waals surface area contributed by atoms with Gasteiger partial charge in [0.15, 0.2) is 0 Å². The SMILES string of the molecule is CC(=O)N1CCN(c2cc(Nc3ccccc3Cl)ncn2)CC1. The molecule has 6 nitrogen and oxygen atoms in total. The molecular weight excluding hydrogens is 314 g/mol. The highest BCUT2D eigenvalue weighted by Crippen LogP contribution is 2.25. The van der Waals surface area contributed by atoms with Gasteiger partial charge in [-0.15, -0.1) is 0 Å². The van der Waals surface area contributed by atoms with Gasteiger partial charge >= 0.3 is 0 Å². The third kappa shape index (κ3) is 3.71. The smallest absolute Gasteiger partial charge is 0.219 e. The summed E-state index contributed by atoms with van der Waals surface area (Å²) in [5, 5.41) is 3.85. The van der Waals surface area contributed by atoms with Crippen LogP contribution in [0.25, 0.3) is 0 Å². The average molecular weight is 332 g/mol. The van der Waals surface area contributed by atoms with E-state index in [2.05, 4.69) is 20.2 Å². The van der Waals surface area contributed by atoms with Crippen LogP contribution in [0.3, 0.4) is 0 Å². The van der Waals surface area contributed by atoms with E-state index in [-0.39, 0.29) is 5.91 Å². The summed E-state index contributed by atoms with van der Waals surface area (Å²) >= 11 is 6.15. The van der Waals surface area contributed by atoms with Gasteiger partial charge in [0.2, 0.25) is 5.91 Å². The third-order valence-corrected chi connectivity index (χ3v) is 4.17. The Hall–Kier alpha value is -2.34. The van der Waals surface area contributed by atoms with Gasteiger partial charge in [0.1, 0.15) is 18.0 Å². The molecule has 2 aromatic rings. The van der Waals surface area contributed by atoms with E-state index in [4.69, 9.17) is 11.6 Å². The first-order valence-electron chi connectivity index (χ1n) is 7.47. The van der Waals surface area contributed by atoms with Gasteiger partial charge in [0.05, 0.1) is 10.7 Å². The average Bonchev–Trinajstić information content (AvgIpc) is 2.57. The van der Waals surface area contributed by atoms with Crippen molar-refractivity contribution in [2.45, 2.75) is 6.92 Å². The van der Waals surface area contributed by atoms with Crippen LogP contribution >= 0.6 is 11.6 Å². The zero-order valence-electron chi connectivity index (χ0n) is 12.9. The van der Waals surface area contributed by atoms with Crippen LogP contribution in [-0.4, -0.2) is 47.0 Å². The highest BCUT2D eigenvalue weighted by molar-refractivity contribution is 6.33. The van der Waals surface area contributed by atoms with E-state index in [1.165, 1.54) is 6.33 Å². The van der Waals surface area contributed by atoms with E-state index in [0.717, 1.165) is 24.6 Å². The number of rotatable bonds is 3. The van der Waals surface area contributed by atoms with Crippen LogP contribution in [0.2, 0.25) is 5.02 Å². The molecule has 1 aliphatic heterocycles. The maximum absolute atomic E-state index is 11.4. The Morgan fingerprint density at radius 3 is 2.61 bits per heavy atom. The minimum absolute atomic E-state index is 0.119. The Kier molecular flexibility index (Phi) is 4.62. The number of amides is 1. The summed E-state index contributed by atoms with van der Waals surface area (Å²) in [7, 11) is 0. The molecule has 0 bridgehead atoms. The first kappa shape index (κ1) is 15.6. The molecule has 7 heteroatoms. The fourth-order valence-corrected chi connectivity index (χ4v) is 2.72. The molecule has 1 saturated heterocycles. The molecule has 0 saturated carbocycles. The van der Waals surface area contributed by atoms with E-state index < -0.39 is 0 Å². The molecule has 1 aromatic carbocycles. The molecular formula is C16H18ClN5O. The number of piperazine rings is 1. The highest BCUT2D eigenvalue weighted by atomic mass is 35.5. The Morgan fingerprint density at radius 1 is 1.17 bits per heavy atom. The molecule has 0 unspecified atom stereocenters. The Balaban J connectivity index is 1.71. The zero-order chi connectivity index (χ0) is 16.2. The number of hydrogen-bond acceptors (Lipinski definition) is 5. The van der Waals surface area contributed by atoms with E-state index >= 15 is 0 Å². The lowest BCUT2D eigenvalue weighted by Gasteiger charge is -2.34. The Bertz CT molecular complexity index is 700. The van der Waals surface area contributed by atoms with Gasteiger partial charge in [-0.1, -0.05) is 23.7 Å². The van der Waals surface area contributed by atoms with Crippen LogP contribution in [0.15, 0.2) is 36.7 Å². The quantitative estimate of drug-likeness (QED) is 0.936. The summed E-state index contributed by atoms with van der Waals surface area (Å²) in [6.45, 7) is 4.56. The first-order chi connectivity index (χ1) is 11.1. The van der Waals surface area contributed by atoms with Crippen molar-refractivity contribution in [3.63, 3.8) is 0 Å². The van der Waals surface area contributed by atoms with E-state index in [9.17, 15) is 4.79 Å². The summed E-state index contributed by atoms with van der Waals surface area (Å²) < 4.78 is 0. The van der Waals surface area contributed by atoms with E-state index in [1.54, 1.807) is 6.92 Å². The predicted octanol–water partition coefficient (Wildman–Crippen LogP) is 2.54. The summed E-state index contributed by atoms with van der Waals surface area (Å²) in [6.07, 6.45) is 1.53. The fourth-order valence-electron chi connectivity index (χ4n) is 2.54. The topological polar surface area (TPSA) is 61.4 Å². The highest BCUT2D eigenvalue weighted by Gasteiger charge is 2.19. The molecule has 0 radical (unpaired) electrons. The molecule has 0 aliphatic carbocycles. The number of halogens is 1. The monoisotopic (exact) mass is 331 g/mol. The lowest BCUT2D eigenvalue weighted by Crippen LogP contribution is -2.48. The molecule has 1 aliphatic rings. The molecule has 0 atom stereocenters. The Labute approximate surface area is 140 Å². The summed E-state index contributed by atoms with van der Waals surface area (Å²) in [5.74, 6) is 1.66. The fraction of sp³-hybridized carbons (Fsp3) is 0.312. The van der Waals surface area contributed by atoms with Crippen molar-refractivity contribution in [2.24, 2.45) is 0 Å². The van der Waals surface area contributed by atoms with Crippen LogP contribution in [-0.2, 0) is 4.79 Å². The first-order valence-corrected chi connectivity index (χ1v) is 7.85. The van der Waals surface area contributed by atoms with Crippen molar-refractivity contribution in [2.75, 3.05) is 36.4 Å². The predicted molar refractivity (Wildman–Crippen MR) is 91.2 cm³/mol. The minimum Gasteiger partial charge on any atom is -0.353 e. The molecule has 2 heterocycles. The molecule has 1 fully saturated rings. The van der Waals surface area contributed by atoms with Crippen molar-refractivity contribution in [1.29, 1.82) is 0 Å². The lowest BCUT2D eigenvalue weighted by atomic mass is 10.3. The van der Waals surface area contributed by atoms with Gasteiger partial charge in [0, 0.05) is 39.2 Å². The van der Waals surface area contributed by atoms with Gasteiger partial charge in [-0.3, -0.25) is 4.79 Å². The summed E-state index contributed by atoms with van der Waals surface area (Å²) in [5.41, 5.74) is 0.806. The number of nitrogens with one attached hydrogen (secondary N) is 1. The van der Waals surface area contributed by atoms with Crippen molar-refractivity contribution in [3.05, 3.63) is 41.7 Å². The van der Waals surface area contributed by atoms with Crippen LogP contribution < -0.4 is 10.2 Å². The molecule has 0 spiro atoms. The molecule has 23 heavy (non-hydrogen) atoms. The van der Waals surface area contributed by atoms with Crippen LogP contribution in [0.5, 0.6) is 0 Å². The summed E-state index contributed by atoms with van der Waals surface area (Å²) in [6, 6.07) is 9.42. The van der Waals surface area contributed by atoms with Crippen LogP contribution in [0, 0.1) is 0 Å². The lowest BCUT2D eigenvalue weighted by molar-refractivity contribution is -0.129. The molecule has 1 N–H and O–H groups in total. The van der Waals surface area contributed by atoms with E-state index in [0.29, 0.717) is 23.9 Å². The van der Waals surface area contributed by atoms with E-state index in [1.807, 2.05) is 35.2 Å².